The van der Waals surface area contributed by atoms with Crippen LogP contribution >= 0.6 is 11.3 Å². The van der Waals surface area contributed by atoms with Crippen LogP contribution in [0, 0.1) is 17.0 Å². The zero-order valence-corrected chi connectivity index (χ0v) is 20.3. The normalized spacial score (nSPS) is 10.3. The predicted octanol–water partition coefficient (Wildman–Crippen LogP) is 4.43. The van der Waals surface area contributed by atoms with E-state index in [0.29, 0.717) is 0 Å². The summed E-state index contributed by atoms with van der Waals surface area (Å²) < 4.78 is 9.85. The van der Waals surface area contributed by atoms with E-state index >= 15 is 0 Å². The number of carbonyl (C=O) groups is 4. The number of anilines is 2. The fourth-order valence-electron chi connectivity index (χ4n) is 3.24. The average Bonchev–Trinajstić information content (AvgIpc) is 3.19. The number of rotatable bonds is 8. The lowest BCUT2D eigenvalue weighted by Crippen LogP contribution is -2.16. The summed E-state index contributed by atoms with van der Waals surface area (Å²) in [7, 11) is 1.22. The van der Waals surface area contributed by atoms with Gasteiger partial charge in [0.1, 0.15) is 5.00 Å². The fraction of sp³-hybridized carbons (Fsp3) is 0.167. The molecule has 2 amide bonds. The van der Waals surface area contributed by atoms with Crippen molar-refractivity contribution in [3.8, 4) is 0 Å². The zero-order chi connectivity index (χ0) is 26.4. The number of thiophene rings is 1. The minimum Gasteiger partial charge on any atom is -0.465 e. The zero-order valence-electron chi connectivity index (χ0n) is 19.4. The summed E-state index contributed by atoms with van der Waals surface area (Å²) in [5.74, 6) is -2.63. The molecule has 1 heterocycles. The molecule has 0 bridgehead atoms. The molecule has 2 aromatic carbocycles. The average molecular weight is 512 g/mol. The van der Waals surface area contributed by atoms with Crippen LogP contribution in [0.15, 0.2) is 48.5 Å². The summed E-state index contributed by atoms with van der Waals surface area (Å²) in [5.41, 5.74) is 0.543. The number of benzene rings is 2. The van der Waals surface area contributed by atoms with E-state index in [2.05, 4.69) is 10.6 Å². The Kier molecular flexibility index (Phi) is 8.12. The minimum absolute atomic E-state index is 0.00325. The second-order valence-corrected chi connectivity index (χ2v) is 8.25. The lowest BCUT2D eigenvalue weighted by atomic mass is 10.1. The summed E-state index contributed by atoms with van der Waals surface area (Å²) in [5, 5.41) is 16.2. The van der Waals surface area contributed by atoms with E-state index in [1.165, 1.54) is 50.4 Å². The Balaban J connectivity index is 1.95. The van der Waals surface area contributed by atoms with E-state index in [9.17, 15) is 29.3 Å². The molecule has 0 fully saturated rings. The first-order chi connectivity index (χ1) is 17.2. The molecule has 0 radical (unpaired) electrons. The molecule has 0 spiro atoms. The third-order valence-electron chi connectivity index (χ3n) is 4.98. The van der Waals surface area contributed by atoms with Crippen molar-refractivity contribution in [2.75, 3.05) is 24.4 Å². The molecule has 2 N–H and O–H groups in total. The van der Waals surface area contributed by atoms with Gasteiger partial charge in [0.2, 0.25) is 0 Å². The van der Waals surface area contributed by atoms with E-state index in [1.807, 2.05) is 0 Å². The van der Waals surface area contributed by atoms with Crippen LogP contribution in [0.3, 0.4) is 0 Å². The molecule has 3 rings (SSSR count). The number of nitro benzene ring substituents is 1. The summed E-state index contributed by atoms with van der Waals surface area (Å²) in [6.45, 7) is 3.22. The second kappa shape index (κ2) is 11.2. The smallest absolute Gasteiger partial charge is 0.341 e. The molecule has 0 aliphatic heterocycles. The third kappa shape index (κ3) is 5.55. The number of non-ortho nitro benzene ring substituents is 1. The summed E-state index contributed by atoms with van der Waals surface area (Å²) >= 11 is 0.849. The second-order valence-electron chi connectivity index (χ2n) is 7.23. The van der Waals surface area contributed by atoms with Gasteiger partial charge in [-0.3, -0.25) is 19.7 Å². The molecule has 3 aromatic rings. The van der Waals surface area contributed by atoms with E-state index in [0.717, 1.165) is 11.3 Å². The van der Waals surface area contributed by atoms with Gasteiger partial charge in [-0.05, 0) is 43.7 Å². The van der Waals surface area contributed by atoms with Crippen LogP contribution in [-0.2, 0) is 9.47 Å². The van der Waals surface area contributed by atoms with Gasteiger partial charge in [-0.2, -0.15) is 0 Å². The Morgan fingerprint density at radius 3 is 2.25 bits per heavy atom. The number of ether oxygens (including phenoxy) is 2. The van der Waals surface area contributed by atoms with Crippen LogP contribution in [-0.4, -0.2) is 42.4 Å². The molecule has 36 heavy (non-hydrogen) atoms. The minimum atomic E-state index is -0.737. The number of amides is 2. The Morgan fingerprint density at radius 2 is 1.64 bits per heavy atom. The topological polar surface area (TPSA) is 154 Å². The standard InChI is InChI=1S/C24H21N3O8S/c1-4-35-24(31)18-13(2)19(21(29)25-17-8-6-5-7-16(17)23(30)34-3)36-22(18)26-20(28)14-9-11-15(12-10-14)27(32)33/h5-12H,4H2,1-3H3,(H,25,29)(H,26,28). The van der Waals surface area contributed by atoms with Crippen LogP contribution < -0.4 is 10.6 Å². The predicted molar refractivity (Wildman–Crippen MR) is 132 cm³/mol. The highest BCUT2D eigenvalue weighted by molar-refractivity contribution is 7.19. The van der Waals surface area contributed by atoms with Gasteiger partial charge in [0.15, 0.2) is 0 Å². The maximum Gasteiger partial charge on any atom is 0.341 e. The fourth-order valence-corrected chi connectivity index (χ4v) is 4.32. The summed E-state index contributed by atoms with van der Waals surface area (Å²) in [4.78, 5) is 61.0. The van der Waals surface area contributed by atoms with Gasteiger partial charge < -0.3 is 20.1 Å². The SMILES string of the molecule is CCOC(=O)c1c(NC(=O)c2ccc([N+](=O)[O-])cc2)sc(C(=O)Nc2ccccc2C(=O)OC)c1C. The molecule has 0 saturated carbocycles. The van der Waals surface area contributed by atoms with Gasteiger partial charge in [0, 0.05) is 17.7 Å². The molecule has 0 unspecified atom stereocenters. The van der Waals surface area contributed by atoms with Crippen molar-refractivity contribution in [2.45, 2.75) is 13.8 Å². The van der Waals surface area contributed by atoms with Crippen molar-refractivity contribution < 1.29 is 33.6 Å². The van der Waals surface area contributed by atoms with E-state index in [-0.39, 0.29) is 50.1 Å². The van der Waals surface area contributed by atoms with Gasteiger partial charge in [0.05, 0.1) is 40.3 Å². The first-order valence-corrected chi connectivity index (χ1v) is 11.3. The van der Waals surface area contributed by atoms with Crippen LogP contribution in [0.1, 0.15) is 53.2 Å². The molecule has 0 aliphatic carbocycles. The number of hydrogen-bond acceptors (Lipinski definition) is 9. The molecule has 11 nitrogen and oxygen atoms in total. The molecule has 0 aliphatic rings. The van der Waals surface area contributed by atoms with Crippen molar-refractivity contribution in [3.63, 3.8) is 0 Å². The van der Waals surface area contributed by atoms with Gasteiger partial charge in [0.25, 0.3) is 17.5 Å². The maximum atomic E-state index is 13.1. The highest BCUT2D eigenvalue weighted by atomic mass is 32.1. The van der Waals surface area contributed by atoms with E-state index < -0.39 is 28.7 Å². The van der Waals surface area contributed by atoms with Gasteiger partial charge >= 0.3 is 11.9 Å². The molecule has 0 saturated heterocycles. The van der Waals surface area contributed by atoms with Crippen LogP contribution in [0.2, 0.25) is 0 Å². The Labute approximate surface area is 209 Å². The van der Waals surface area contributed by atoms with Crippen molar-refractivity contribution in [3.05, 3.63) is 85.8 Å². The number of nitrogens with one attached hydrogen (secondary N) is 2. The van der Waals surface area contributed by atoms with Crippen molar-refractivity contribution in [1.29, 1.82) is 0 Å². The van der Waals surface area contributed by atoms with Gasteiger partial charge in [-0.1, -0.05) is 12.1 Å². The van der Waals surface area contributed by atoms with Gasteiger partial charge in [-0.15, -0.1) is 11.3 Å². The third-order valence-corrected chi connectivity index (χ3v) is 6.19. The van der Waals surface area contributed by atoms with Crippen molar-refractivity contribution in [2.24, 2.45) is 0 Å². The number of methoxy groups -OCH3 is 1. The van der Waals surface area contributed by atoms with Crippen molar-refractivity contribution >= 4 is 51.5 Å². The molecule has 186 valence electrons. The largest absolute Gasteiger partial charge is 0.465 e. The first kappa shape index (κ1) is 26.0. The monoisotopic (exact) mass is 511 g/mol. The number of nitrogens with zero attached hydrogens (tertiary/aromatic N) is 1. The molecule has 1 aromatic heterocycles. The molecular weight excluding hydrogens is 490 g/mol. The molecular formula is C24H21N3O8S. The lowest BCUT2D eigenvalue weighted by molar-refractivity contribution is -0.384. The molecule has 12 heteroatoms. The van der Waals surface area contributed by atoms with Crippen molar-refractivity contribution in [1.82, 2.24) is 0 Å². The van der Waals surface area contributed by atoms with Crippen LogP contribution in [0.4, 0.5) is 16.4 Å². The first-order valence-electron chi connectivity index (χ1n) is 10.5. The highest BCUT2D eigenvalue weighted by Gasteiger charge is 2.27. The summed E-state index contributed by atoms with van der Waals surface area (Å²) in [6, 6.07) is 11.2. The molecule has 0 atom stereocenters. The maximum absolute atomic E-state index is 13.1. The Morgan fingerprint density at radius 1 is 0.972 bits per heavy atom. The number of para-hydroxylation sites is 1. The Hall–Kier alpha value is -4.58. The number of carbonyl (C=O) groups excluding carboxylic acids is 4. The van der Waals surface area contributed by atoms with E-state index in [4.69, 9.17) is 9.47 Å². The number of nitro groups is 1. The summed E-state index contributed by atoms with van der Waals surface area (Å²) in [6.07, 6.45) is 0. The highest BCUT2D eigenvalue weighted by Crippen LogP contribution is 2.35. The van der Waals surface area contributed by atoms with E-state index in [1.54, 1.807) is 19.1 Å². The number of hydrogen-bond donors (Lipinski definition) is 2. The Bertz CT molecular complexity index is 1350. The van der Waals surface area contributed by atoms with Crippen LogP contribution in [0.5, 0.6) is 0 Å². The number of esters is 2. The van der Waals surface area contributed by atoms with Gasteiger partial charge in [-0.25, -0.2) is 9.59 Å². The quantitative estimate of drug-likeness (QED) is 0.256. The van der Waals surface area contributed by atoms with Crippen LogP contribution in [0.25, 0.3) is 0 Å². The lowest BCUT2D eigenvalue weighted by Gasteiger charge is -2.09.